The molecular formula is C28H37N3O4. The topological polar surface area (TPSA) is 87.7 Å². The highest BCUT2D eigenvalue weighted by atomic mass is 16.6. The SMILES string of the molecule is CC(NC(=O)C(NC(=O)C1Cc2ccccc2CN1C(=O)OC(C)(C)C)C(C)C)c1ccccc1. The average Bonchev–Trinajstić information content (AvgIpc) is 2.80. The zero-order chi connectivity index (χ0) is 25.8. The molecule has 2 aromatic carbocycles. The Labute approximate surface area is 208 Å². The summed E-state index contributed by atoms with van der Waals surface area (Å²) in [6.45, 7) is 11.3. The van der Waals surface area contributed by atoms with Crippen molar-refractivity contribution in [2.75, 3.05) is 0 Å². The summed E-state index contributed by atoms with van der Waals surface area (Å²) in [6, 6.07) is 15.7. The molecule has 0 radical (unpaired) electrons. The van der Waals surface area contributed by atoms with Gasteiger partial charge in [-0.15, -0.1) is 0 Å². The van der Waals surface area contributed by atoms with Gasteiger partial charge in [-0.2, -0.15) is 0 Å². The Bertz CT molecular complexity index is 1050. The Morgan fingerprint density at radius 2 is 1.51 bits per heavy atom. The first-order valence-corrected chi connectivity index (χ1v) is 12.2. The zero-order valence-corrected chi connectivity index (χ0v) is 21.5. The van der Waals surface area contributed by atoms with E-state index in [1.54, 1.807) is 20.8 Å². The van der Waals surface area contributed by atoms with Crippen LogP contribution in [0.5, 0.6) is 0 Å². The minimum Gasteiger partial charge on any atom is -0.444 e. The Balaban J connectivity index is 1.79. The lowest BCUT2D eigenvalue weighted by Gasteiger charge is -2.37. The van der Waals surface area contributed by atoms with E-state index < -0.39 is 23.8 Å². The molecule has 0 spiro atoms. The van der Waals surface area contributed by atoms with Gasteiger partial charge in [-0.05, 0) is 50.3 Å². The van der Waals surface area contributed by atoms with Crippen LogP contribution in [0.25, 0.3) is 0 Å². The molecule has 3 unspecified atom stereocenters. The summed E-state index contributed by atoms with van der Waals surface area (Å²) in [5, 5.41) is 5.93. The predicted molar refractivity (Wildman–Crippen MR) is 135 cm³/mol. The fraction of sp³-hybridized carbons (Fsp3) is 0.464. The highest BCUT2D eigenvalue weighted by molar-refractivity contribution is 5.92. The highest BCUT2D eigenvalue weighted by Gasteiger charge is 2.38. The molecule has 35 heavy (non-hydrogen) atoms. The van der Waals surface area contributed by atoms with Gasteiger partial charge in [-0.1, -0.05) is 68.4 Å². The number of amides is 3. The number of ether oxygens (including phenoxy) is 1. The monoisotopic (exact) mass is 479 g/mol. The van der Waals surface area contributed by atoms with Crippen LogP contribution in [0.3, 0.4) is 0 Å². The molecular weight excluding hydrogens is 442 g/mol. The van der Waals surface area contributed by atoms with Crippen LogP contribution in [-0.2, 0) is 27.3 Å². The predicted octanol–water partition coefficient (Wildman–Crippen LogP) is 4.37. The third-order valence-corrected chi connectivity index (χ3v) is 6.08. The molecule has 0 bridgehead atoms. The third kappa shape index (κ3) is 6.84. The summed E-state index contributed by atoms with van der Waals surface area (Å²) in [5.41, 5.74) is 2.28. The van der Waals surface area contributed by atoms with E-state index in [9.17, 15) is 14.4 Å². The van der Waals surface area contributed by atoms with Crippen molar-refractivity contribution in [3.63, 3.8) is 0 Å². The van der Waals surface area contributed by atoms with Gasteiger partial charge in [0, 0.05) is 6.42 Å². The van der Waals surface area contributed by atoms with E-state index in [4.69, 9.17) is 4.74 Å². The van der Waals surface area contributed by atoms with Gasteiger partial charge in [-0.3, -0.25) is 14.5 Å². The first kappa shape index (κ1) is 26.3. The third-order valence-electron chi connectivity index (χ3n) is 6.08. The second-order valence-corrected chi connectivity index (χ2v) is 10.5. The first-order chi connectivity index (χ1) is 16.5. The van der Waals surface area contributed by atoms with Crippen LogP contribution < -0.4 is 10.6 Å². The van der Waals surface area contributed by atoms with E-state index >= 15 is 0 Å². The maximum absolute atomic E-state index is 13.5. The first-order valence-electron chi connectivity index (χ1n) is 12.2. The van der Waals surface area contributed by atoms with Gasteiger partial charge < -0.3 is 15.4 Å². The van der Waals surface area contributed by atoms with Crippen LogP contribution in [0.2, 0.25) is 0 Å². The zero-order valence-electron chi connectivity index (χ0n) is 21.5. The minimum absolute atomic E-state index is 0.146. The average molecular weight is 480 g/mol. The second-order valence-electron chi connectivity index (χ2n) is 10.5. The van der Waals surface area contributed by atoms with Crippen molar-refractivity contribution in [1.29, 1.82) is 0 Å². The summed E-state index contributed by atoms with van der Waals surface area (Å²) in [7, 11) is 0. The summed E-state index contributed by atoms with van der Waals surface area (Å²) in [4.78, 5) is 41.2. The van der Waals surface area contributed by atoms with Gasteiger partial charge in [0.15, 0.2) is 0 Å². The van der Waals surface area contributed by atoms with Crippen molar-refractivity contribution in [3.05, 3.63) is 71.3 Å². The van der Waals surface area contributed by atoms with Crippen LogP contribution in [0.1, 0.15) is 64.3 Å². The minimum atomic E-state index is -0.777. The van der Waals surface area contributed by atoms with E-state index in [0.717, 1.165) is 16.7 Å². The van der Waals surface area contributed by atoms with Crippen molar-refractivity contribution in [2.24, 2.45) is 5.92 Å². The maximum Gasteiger partial charge on any atom is 0.411 e. The molecule has 1 aliphatic heterocycles. The lowest BCUT2D eigenvalue weighted by Crippen LogP contribution is -2.58. The number of carbonyl (C=O) groups excluding carboxylic acids is 3. The molecule has 0 saturated heterocycles. The van der Waals surface area contributed by atoms with Gasteiger partial charge in [0.25, 0.3) is 0 Å². The molecule has 1 aliphatic rings. The Morgan fingerprint density at radius 3 is 2.11 bits per heavy atom. The Kier molecular flexibility index (Phi) is 8.20. The summed E-state index contributed by atoms with van der Waals surface area (Å²) in [5.74, 6) is -0.774. The second kappa shape index (κ2) is 10.9. The van der Waals surface area contributed by atoms with E-state index in [2.05, 4.69) is 10.6 Å². The smallest absolute Gasteiger partial charge is 0.411 e. The normalized spacial score (nSPS) is 17.2. The van der Waals surface area contributed by atoms with E-state index in [0.29, 0.717) is 6.42 Å². The van der Waals surface area contributed by atoms with Gasteiger partial charge in [0.05, 0.1) is 12.6 Å². The molecule has 7 nitrogen and oxygen atoms in total. The van der Waals surface area contributed by atoms with Crippen molar-refractivity contribution in [2.45, 2.75) is 78.2 Å². The van der Waals surface area contributed by atoms with Crippen LogP contribution in [0, 0.1) is 5.92 Å². The Hall–Kier alpha value is -3.35. The standard InChI is InChI=1S/C28H37N3O4/c1-18(2)24(26(33)29-19(3)20-12-8-7-9-13-20)30-25(32)23-16-21-14-10-11-15-22(21)17-31(23)27(34)35-28(4,5)6/h7-15,18-19,23-24H,16-17H2,1-6H3,(H,29,33)(H,30,32). The molecule has 0 saturated carbocycles. The van der Waals surface area contributed by atoms with Gasteiger partial charge in [0.1, 0.15) is 17.7 Å². The van der Waals surface area contributed by atoms with Crippen molar-refractivity contribution >= 4 is 17.9 Å². The molecule has 0 fully saturated rings. The van der Waals surface area contributed by atoms with Crippen LogP contribution in [0.15, 0.2) is 54.6 Å². The number of nitrogens with one attached hydrogen (secondary N) is 2. The van der Waals surface area contributed by atoms with E-state index in [1.807, 2.05) is 75.4 Å². The largest absolute Gasteiger partial charge is 0.444 e. The molecule has 3 atom stereocenters. The highest BCUT2D eigenvalue weighted by Crippen LogP contribution is 2.26. The number of nitrogens with zero attached hydrogens (tertiary/aromatic N) is 1. The molecule has 3 amide bonds. The number of hydrogen-bond donors (Lipinski definition) is 2. The van der Waals surface area contributed by atoms with Crippen molar-refractivity contribution < 1.29 is 19.1 Å². The fourth-order valence-electron chi connectivity index (χ4n) is 4.18. The molecule has 1 heterocycles. The van der Waals surface area contributed by atoms with E-state index in [1.165, 1.54) is 4.90 Å². The molecule has 3 rings (SSSR count). The lowest BCUT2D eigenvalue weighted by atomic mass is 9.93. The molecule has 0 aromatic heterocycles. The number of carbonyl (C=O) groups is 3. The molecule has 2 aromatic rings. The number of hydrogen-bond acceptors (Lipinski definition) is 4. The summed E-state index contributed by atoms with van der Waals surface area (Å²) < 4.78 is 5.60. The van der Waals surface area contributed by atoms with Gasteiger partial charge in [0.2, 0.25) is 11.8 Å². The molecule has 7 heteroatoms. The Morgan fingerprint density at radius 1 is 0.914 bits per heavy atom. The van der Waals surface area contributed by atoms with E-state index in [-0.39, 0.29) is 30.3 Å². The fourth-order valence-corrected chi connectivity index (χ4v) is 4.18. The lowest BCUT2D eigenvalue weighted by molar-refractivity contribution is -0.133. The van der Waals surface area contributed by atoms with Gasteiger partial charge >= 0.3 is 6.09 Å². The summed E-state index contributed by atoms with van der Waals surface area (Å²) >= 11 is 0. The quantitative estimate of drug-likeness (QED) is 0.644. The van der Waals surface area contributed by atoms with Gasteiger partial charge in [-0.25, -0.2) is 4.79 Å². The number of rotatable bonds is 6. The van der Waals surface area contributed by atoms with Crippen LogP contribution in [0.4, 0.5) is 4.79 Å². The molecule has 0 aliphatic carbocycles. The summed E-state index contributed by atoms with van der Waals surface area (Å²) in [6.07, 6.45) is -0.191. The van der Waals surface area contributed by atoms with Crippen molar-refractivity contribution in [1.82, 2.24) is 15.5 Å². The molecule has 188 valence electrons. The van der Waals surface area contributed by atoms with Crippen LogP contribution >= 0.6 is 0 Å². The number of fused-ring (bicyclic) bond motifs is 1. The number of benzene rings is 2. The van der Waals surface area contributed by atoms with Crippen molar-refractivity contribution in [3.8, 4) is 0 Å². The molecule has 2 N–H and O–H groups in total. The maximum atomic E-state index is 13.5. The van der Waals surface area contributed by atoms with Crippen LogP contribution in [-0.4, -0.2) is 40.5 Å².